The molecule has 0 fully saturated rings. The van der Waals surface area contributed by atoms with Gasteiger partial charge in [-0.1, -0.05) is 33.6 Å². The summed E-state index contributed by atoms with van der Waals surface area (Å²) in [6.07, 6.45) is 0. The van der Waals surface area contributed by atoms with Crippen LogP contribution in [0, 0.1) is 13.8 Å². The number of thiophene rings is 1. The van der Waals surface area contributed by atoms with Gasteiger partial charge in [-0.05, 0) is 41.8 Å². The first-order valence-electron chi connectivity index (χ1n) is 5.44. The average molecular weight is 311 g/mol. The van der Waals surface area contributed by atoms with E-state index in [9.17, 15) is 0 Å². The lowest BCUT2D eigenvalue weighted by atomic mass is 10.0. The summed E-state index contributed by atoms with van der Waals surface area (Å²) in [6, 6.07) is 6.28. The summed E-state index contributed by atoms with van der Waals surface area (Å²) in [4.78, 5) is 0.198. The van der Waals surface area contributed by atoms with Crippen molar-refractivity contribution in [3.05, 3.63) is 51.2 Å². The molecule has 2 aromatic rings. The highest BCUT2D eigenvalue weighted by molar-refractivity contribution is 9.09. The van der Waals surface area contributed by atoms with Gasteiger partial charge in [0.2, 0.25) is 0 Å². The van der Waals surface area contributed by atoms with Crippen molar-refractivity contribution >= 4 is 27.3 Å². The van der Waals surface area contributed by atoms with E-state index in [-0.39, 0.29) is 4.83 Å². The van der Waals surface area contributed by atoms with E-state index in [1.165, 1.54) is 22.3 Å². The number of methoxy groups -OCH3 is 1. The highest BCUT2D eigenvalue weighted by atomic mass is 79.9. The Bertz CT molecular complexity index is 519. The summed E-state index contributed by atoms with van der Waals surface area (Å²) < 4.78 is 5.43. The molecule has 1 unspecified atom stereocenters. The Morgan fingerprint density at radius 3 is 2.53 bits per heavy atom. The number of hydrogen-bond acceptors (Lipinski definition) is 2. The van der Waals surface area contributed by atoms with Crippen molar-refractivity contribution in [2.45, 2.75) is 18.7 Å². The van der Waals surface area contributed by atoms with Crippen LogP contribution in [0.25, 0.3) is 0 Å². The zero-order valence-electron chi connectivity index (χ0n) is 10.2. The quantitative estimate of drug-likeness (QED) is 0.736. The molecule has 0 radical (unpaired) electrons. The van der Waals surface area contributed by atoms with Gasteiger partial charge in [0.25, 0.3) is 0 Å². The molecule has 0 bridgehead atoms. The van der Waals surface area contributed by atoms with Gasteiger partial charge in [-0.25, -0.2) is 0 Å². The van der Waals surface area contributed by atoms with Gasteiger partial charge in [-0.3, -0.25) is 0 Å². The summed E-state index contributed by atoms with van der Waals surface area (Å²) in [6.45, 7) is 4.24. The third-order valence-electron chi connectivity index (χ3n) is 2.83. The summed E-state index contributed by atoms with van der Waals surface area (Å²) in [5.41, 5.74) is 5.08. The second kappa shape index (κ2) is 5.23. The Balaban J connectivity index is 2.46. The Labute approximate surface area is 115 Å². The minimum atomic E-state index is 0.198. The molecule has 0 amide bonds. The standard InChI is InChI=1S/C14H15BrOS/c1-9-4-5-13(16-3)11(6-9)14(15)12-8-17-7-10(12)2/h4-8,14H,1-3H3. The van der Waals surface area contributed by atoms with E-state index >= 15 is 0 Å². The fraction of sp³-hybridized carbons (Fsp3) is 0.286. The van der Waals surface area contributed by atoms with E-state index in [2.05, 4.69) is 52.7 Å². The van der Waals surface area contributed by atoms with E-state index in [1.54, 1.807) is 18.4 Å². The van der Waals surface area contributed by atoms with E-state index in [0.717, 1.165) is 5.75 Å². The molecule has 1 heterocycles. The maximum Gasteiger partial charge on any atom is 0.123 e. The van der Waals surface area contributed by atoms with Gasteiger partial charge in [0.05, 0.1) is 11.9 Å². The molecule has 0 aliphatic rings. The van der Waals surface area contributed by atoms with Crippen LogP contribution >= 0.6 is 27.3 Å². The Morgan fingerprint density at radius 2 is 1.94 bits per heavy atom. The predicted octanol–water partition coefficient (Wildman–Crippen LogP) is 4.86. The van der Waals surface area contributed by atoms with Crippen molar-refractivity contribution in [2.75, 3.05) is 7.11 Å². The lowest BCUT2D eigenvalue weighted by Crippen LogP contribution is -1.98. The van der Waals surface area contributed by atoms with E-state index in [1.807, 2.05) is 6.07 Å². The van der Waals surface area contributed by atoms with Crippen LogP contribution in [0.5, 0.6) is 5.75 Å². The van der Waals surface area contributed by atoms with Crippen molar-refractivity contribution < 1.29 is 4.74 Å². The molecule has 1 aromatic carbocycles. The number of alkyl halides is 1. The molecular formula is C14H15BrOS. The van der Waals surface area contributed by atoms with Crippen molar-refractivity contribution in [3.63, 3.8) is 0 Å². The smallest absolute Gasteiger partial charge is 0.123 e. The number of benzene rings is 1. The molecule has 0 aliphatic heterocycles. The number of halogens is 1. The maximum atomic E-state index is 5.43. The molecule has 2 rings (SSSR count). The molecular weight excluding hydrogens is 296 g/mol. The molecule has 0 saturated carbocycles. The minimum absolute atomic E-state index is 0.198. The second-order valence-corrected chi connectivity index (χ2v) is 5.78. The average Bonchev–Trinajstić information content (AvgIpc) is 2.74. The highest BCUT2D eigenvalue weighted by Crippen LogP contribution is 2.39. The largest absolute Gasteiger partial charge is 0.496 e. The summed E-state index contributed by atoms with van der Waals surface area (Å²) in [5.74, 6) is 0.933. The molecule has 1 nitrogen and oxygen atoms in total. The monoisotopic (exact) mass is 310 g/mol. The SMILES string of the molecule is COc1ccc(C)cc1C(Br)c1cscc1C. The van der Waals surface area contributed by atoms with Gasteiger partial charge >= 0.3 is 0 Å². The number of hydrogen-bond donors (Lipinski definition) is 0. The third-order valence-corrected chi connectivity index (χ3v) is 4.69. The van der Waals surface area contributed by atoms with Crippen molar-refractivity contribution in [3.8, 4) is 5.75 Å². The van der Waals surface area contributed by atoms with Crippen LogP contribution in [0.4, 0.5) is 0 Å². The van der Waals surface area contributed by atoms with Gasteiger partial charge in [0.1, 0.15) is 5.75 Å². The van der Waals surface area contributed by atoms with E-state index in [0.29, 0.717) is 0 Å². The zero-order chi connectivity index (χ0) is 12.4. The van der Waals surface area contributed by atoms with Gasteiger partial charge in [0, 0.05) is 5.56 Å². The van der Waals surface area contributed by atoms with Crippen LogP contribution < -0.4 is 4.74 Å². The van der Waals surface area contributed by atoms with Gasteiger partial charge in [-0.2, -0.15) is 11.3 Å². The molecule has 3 heteroatoms. The Kier molecular flexibility index (Phi) is 3.89. The molecule has 0 saturated heterocycles. The van der Waals surface area contributed by atoms with Crippen molar-refractivity contribution in [2.24, 2.45) is 0 Å². The van der Waals surface area contributed by atoms with Crippen LogP contribution in [0.15, 0.2) is 29.0 Å². The second-order valence-electron chi connectivity index (χ2n) is 4.12. The lowest BCUT2D eigenvalue weighted by Gasteiger charge is -2.15. The molecule has 1 atom stereocenters. The first kappa shape index (κ1) is 12.7. The van der Waals surface area contributed by atoms with Crippen LogP contribution in [0.3, 0.4) is 0 Å². The highest BCUT2D eigenvalue weighted by Gasteiger charge is 2.17. The van der Waals surface area contributed by atoms with Crippen LogP contribution in [0.1, 0.15) is 27.1 Å². The summed E-state index contributed by atoms with van der Waals surface area (Å²) in [7, 11) is 1.72. The number of ether oxygens (including phenoxy) is 1. The number of rotatable bonds is 3. The summed E-state index contributed by atoms with van der Waals surface area (Å²) >= 11 is 5.51. The first-order chi connectivity index (χ1) is 8.13. The van der Waals surface area contributed by atoms with Gasteiger partial charge in [0.15, 0.2) is 0 Å². The molecule has 90 valence electrons. The maximum absolute atomic E-state index is 5.43. The molecule has 0 N–H and O–H groups in total. The van der Waals surface area contributed by atoms with E-state index in [4.69, 9.17) is 4.74 Å². The van der Waals surface area contributed by atoms with Crippen LogP contribution in [0.2, 0.25) is 0 Å². The first-order valence-corrected chi connectivity index (χ1v) is 7.30. The lowest BCUT2D eigenvalue weighted by molar-refractivity contribution is 0.410. The Hall–Kier alpha value is -0.800. The minimum Gasteiger partial charge on any atom is -0.496 e. The molecule has 0 aliphatic carbocycles. The molecule has 0 spiro atoms. The van der Waals surface area contributed by atoms with Gasteiger partial charge in [-0.15, -0.1) is 0 Å². The fourth-order valence-electron chi connectivity index (χ4n) is 1.85. The zero-order valence-corrected chi connectivity index (χ0v) is 12.6. The normalized spacial score (nSPS) is 12.5. The van der Waals surface area contributed by atoms with Crippen LogP contribution in [-0.4, -0.2) is 7.11 Å². The van der Waals surface area contributed by atoms with Gasteiger partial charge < -0.3 is 4.74 Å². The molecule has 17 heavy (non-hydrogen) atoms. The van der Waals surface area contributed by atoms with Crippen molar-refractivity contribution in [1.82, 2.24) is 0 Å². The summed E-state index contributed by atoms with van der Waals surface area (Å²) in [5, 5.41) is 4.36. The van der Waals surface area contributed by atoms with Crippen molar-refractivity contribution in [1.29, 1.82) is 0 Å². The topological polar surface area (TPSA) is 9.23 Å². The Morgan fingerprint density at radius 1 is 1.18 bits per heavy atom. The predicted molar refractivity (Wildman–Crippen MR) is 77.6 cm³/mol. The molecule has 1 aromatic heterocycles. The van der Waals surface area contributed by atoms with E-state index < -0.39 is 0 Å². The third kappa shape index (κ3) is 2.55. The van der Waals surface area contributed by atoms with Crippen LogP contribution in [-0.2, 0) is 0 Å². The fourth-order valence-corrected chi connectivity index (χ4v) is 3.75. The number of aryl methyl sites for hydroxylation is 2.